The molecule has 36 heavy (non-hydrogen) atoms. The molecule has 0 radical (unpaired) electrons. The number of nitrogens with zero attached hydrogens (tertiary/aromatic N) is 5. The number of carboxylic acids is 2. The Labute approximate surface area is 213 Å². The van der Waals surface area contributed by atoms with E-state index in [-0.39, 0.29) is 22.2 Å². The number of aliphatic carboxylic acids is 2. The zero-order valence-electron chi connectivity index (χ0n) is 20.4. The van der Waals surface area contributed by atoms with Crippen LogP contribution in [0.2, 0.25) is 0 Å². The van der Waals surface area contributed by atoms with E-state index in [1.807, 2.05) is 0 Å². The molecule has 2 aromatic rings. The van der Waals surface area contributed by atoms with Gasteiger partial charge in [-0.25, -0.2) is 4.68 Å². The lowest BCUT2D eigenvalue weighted by molar-refractivity contribution is -0.384. The summed E-state index contributed by atoms with van der Waals surface area (Å²) < 4.78 is 6.79. The van der Waals surface area contributed by atoms with Gasteiger partial charge in [-0.15, -0.1) is 5.10 Å². The van der Waals surface area contributed by atoms with Gasteiger partial charge in [0.05, 0.1) is 11.5 Å². The first kappa shape index (κ1) is 29.0. The molecule has 198 valence electrons. The van der Waals surface area contributed by atoms with Gasteiger partial charge in [0.2, 0.25) is 5.16 Å². The highest BCUT2D eigenvalue weighted by Gasteiger charge is 2.29. The monoisotopic (exact) mass is 523 g/mol. The van der Waals surface area contributed by atoms with Crippen LogP contribution in [0, 0.1) is 10.1 Å². The molecule has 0 amide bonds. The van der Waals surface area contributed by atoms with Gasteiger partial charge in [-0.2, -0.15) is 0 Å². The first-order chi connectivity index (χ1) is 17.3. The molecule has 0 aliphatic carbocycles. The fraction of sp³-hybridized carbons (Fsp3) is 0.609. The van der Waals surface area contributed by atoms with Crippen LogP contribution >= 0.6 is 11.8 Å². The SMILES string of the molecule is CCCCCCCCCCCCOc1ccc([N+](=O)[O-])cc1C(Sc1nnnn1CC(=O)O)C(=O)O. The fourth-order valence-electron chi connectivity index (χ4n) is 3.62. The van der Waals surface area contributed by atoms with Crippen molar-refractivity contribution in [1.29, 1.82) is 0 Å². The van der Waals surface area contributed by atoms with E-state index in [2.05, 4.69) is 22.4 Å². The van der Waals surface area contributed by atoms with Gasteiger partial charge in [-0.05, 0) is 22.9 Å². The van der Waals surface area contributed by atoms with Gasteiger partial charge in [0.1, 0.15) is 17.5 Å². The zero-order chi connectivity index (χ0) is 26.3. The van der Waals surface area contributed by atoms with Crippen molar-refractivity contribution in [3.63, 3.8) is 0 Å². The number of benzene rings is 1. The number of carboxylic acid groups (broad SMARTS) is 2. The molecule has 1 unspecified atom stereocenters. The van der Waals surface area contributed by atoms with Crippen LogP contribution in [0.1, 0.15) is 81.9 Å². The van der Waals surface area contributed by atoms with E-state index in [4.69, 9.17) is 9.84 Å². The van der Waals surface area contributed by atoms with E-state index < -0.39 is 28.7 Å². The molecule has 0 saturated carbocycles. The predicted octanol–water partition coefficient (Wildman–Crippen LogP) is 4.88. The van der Waals surface area contributed by atoms with Crippen molar-refractivity contribution in [3.8, 4) is 5.75 Å². The zero-order valence-corrected chi connectivity index (χ0v) is 21.2. The number of rotatable bonds is 19. The standard InChI is InChI=1S/C23H33N5O7S/c1-2-3-4-5-6-7-8-9-10-11-14-35-19-13-12-17(28(33)34)15-18(19)21(22(31)32)36-23-24-25-26-27(23)16-20(29)30/h12-13,15,21H,2-11,14,16H2,1H3,(H,29,30)(H,31,32). The molecule has 2 rings (SSSR count). The Morgan fingerprint density at radius 2 is 1.72 bits per heavy atom. The van der Waals surface area contributed by atoms with E-state index in [1.165, 1.54) is 50.7 Å². The maximum atomic E-state index is 12.1. The topological polar surface area (TPSA) is 171 Å². The van der Waals surface area contributed by atoms with E-state index in [0.717, 1.165) is 36.4 Å². The molecule has 1 heterocycles. The van der Waals surface area contributed by atoms with Gasteiger partial charge in [-0.1, -0.05) is 76.5 Å². The summed E-state index contributed by atoms with van der Waals surface area (Å²) in [5, 5.41) is 39.5. The van der Waals surface area contributed by atoms with Crippen molar-refractivity contribution in [1.82, 2.24) is 20.2 Å². The van der Waals surface area contributed by atoms with Crippen molar-refractivity contribution in [2.45, 2.75) is 88.1 Å². The van der Waals surface area contributed by atoms with Crippen LogP contribution in [0.15, 0.2) is 23.4 Å². The highest BCUT2D eigenvalue weighted by atomic mass is 32.2. The van der Waals surface area contributed by atoms with Crippen LogP contribution in [0.25, 0.3) is 0 Å². The summed E-state index contributed by atoms with van der Waals surface area (Å²) in [6.07, 6.45) is 11.6. The van der Waals surface area contributed by atoms with E-state index in [1.54, 1.807) is 0 Å². The predicted molar refractivity (Wildman–Crippen MR) is 132 cm³/mol. The Kier molecular flexibility index (Phi) is 12.7. The number of tetrazole rings is 1. The lowest BCUT2D eigenvalue weighted by atomic mass is 10.1. The van der Waals surface area contributed by atoms with Gasteiger partial charge in [0, 0.05) is 17.7 Å². The number of hydrogen-bond acceptors (Lipinski definition) is 9. The normalized spacial score (nSPS) is 11.8. The molecule has 1 aromatic heterocycles. The molecule has 0 aliphatic heterocycles. The Balaban J connectivity index is 2.01. The van der Waals surface area contributed by atoms with Gasteiger partial charge in [0.25, 0.3) is 5.69 Å². The third-order valence-electron chi connectivity index (χ3n) is 5.47. The summed E-state index contributed by atoms with van der Waals surface area (Å²) in [5.41, 5.74) is -0.202. The minimum Gasteiger partial charge on any atom is -0.493 e. The number of thioether (sulfide) groups is 1. The lowest BCUT2D eigenvalue weighted by Crippen LogP contribution is -2.15. The number of ether oxygens (including phenoxy) is 1. The second kappa shape index (κ2) is 15.7. The number of non-ortho nitro benzene ring substituents is 1. The number of hydrogen-bond donors (Lipinski definition) is 2. The third-order valence-corrected chi connectivity index (χ3v) is 6.67. The van der Waals surface area contributed by atoms with Crippen LogP contribution in [0.3, 0.4) is 0 Å². The van der Waals surface area contributed by atoms with Crippen molar-refractivity contribution < 1.29 is 29.5 Å². The summed E-state index contributed by atoms with van der Waals surface area (Å²) in [7, 11) is 0. The number of nitro groups is 1. The van der Waals surface area contributed by atoms with Crippen LogP contribution in [0.4, 0.5) is 5.69 Å². The number of nitro benzene ring substituents is 1. The Morgan fingerprint density at radius 1 is 1.08 bits per heavy atom. The Morgan fingerprint density at radius 3 is 2.31 bits per heavy atom. The van der Waals surface area contributed by atoms with Gasteiger partial charge in [0.15, 0.2) is 0 Å². The van der Waals surface area contributed by atoms with Gasteiger partial charge < -0.3 is 14.9 Å². The molecule has 13 heteroatoms. The summed E-state index contributed by atoms with van der Waals surface area (Å²) in [6, 6.07) is 3.81. The smallest absolute Gasteiger partial charge is 0.325 e. The molecule has 0 aliphatic rings. The maximum Gasteiger partial charge on any atom is 0.325 e. The molecule has 0 bridgehead atoms. The van der Waals surface area contributed by atoms with Crippen LogP contribution in [-0.2, 0) is 16.1 Å². The number of aromatic nitrogens is 4. The molecule has 2 N–H and O–H groups in total. The summed E-state index contributed by atoms with van der Waals surface area (Å²) in [5.74, 6) is -2.28. The third kappa shape index (κ3) is 9.80. The van der Waals surface area contributed by atoms with Crippen molar-refractivity contribution in [3.05, 3.63) is 33.9 Å². The second-order valence-corrected chi connectivity index (χ2v) is 9.43. The largest absolute Gasteiger partial charge is 0.493 e. The van der Waals surface area contributed by atoms with Gasteiger partial charge in [-0.3, -0.25) is 19.7 Å². The molecular weight excluding hydrogens is 490 g/mol. The number of unbranched alkanes of at least 4 members (excludes halogenated alkanes) is 9. The van der Waals surface area contributed by atoms with Crippen molar-refractivity contribution >= 4 is 29.4 Å². The van der Waals surface area contributed by atoms with Crippen molar-refractivity contribution in [2.75, 3.05) is 6.61 Å². The average Bonchev–Trinajstić information content (AvgIpc) is 3.26. The molecule has 1 atom stereocenters. The number of carbonyl (C=O) groups is 2. The summed E-state index contributed by atoms with van der Waals surface area (Å²) in [4.78, 5) is 33.8. The Bertz CT molecular complexity index is 1000. The summed E-state index contributed by atoms with van der Waals surface area (Å²) >= 11 is 0.681. The Hall–Kier alpha value is -3.22. The van der Waals surface area contributed by atoms with E-state index in [0.29, 0.717) is 18.4 Å². The maximum absolute atomic E-state index is 12.1. The molecular formula is C23H33N5O7S. The van der Waals surface area contributed by atoms with Crippen LogP contribution in [0.5, 0.6) is 5.75 Å². The van der Waals surface area contributed by atoms with Crippen LogP contribution in [-0.4, -0.2) is 53.9 Å². The summed E-state index contributed by atoms with van der Waals surface area (Å²) in [6.45, 7) is 1.99. The highest BCUT2D eigenvalue weighted by Crippen LogP contribution is 2.40. The first-order valence-corrected chi connectivity index (χ1v) is 13.0. The molecule has 0 saturated heterocycles. The molecule has 1 aromatic carbocycles. The minimum atomic E-state index is -1.36. The van der Waals surface area contributed by atoms with E-state index >= 15 is 0 Å². The van der Waals surface area contributed by atoms with Crippen LogP contribution < -0.4 is 4.74 Å². The quantitative estimate of drug-likeness (QED) is 0.111. The molecule has 0 fully saturated rings. The molecule has 0 spiro atoms. The fourth-order valence-corrected chi connectivity index (χ4v) is 4.55. The first-order valence-electron chi connectivity index (χ1n) is 12.1. The molecule has 12 nitrogen and oxygen atoms in total. The minimum absolute atomic E-state index is 0.0445. The van der Waals surface area contributed by atoms with E-state index in [9.17, 15) is 24.8 Å². The lowest BCUT2D eigenvalue weighted by Gasteiger charge is -2.16. The van der Waals surface area contributed by atoms with Gasteiger partial charge >= 0.3 is 11.9 Å². The van der Waals surface area contributed by atoms with Crippen molar-refractivity contribution in [2.24, 2.45) is 0 Å². The highest BCUT2D eigenvalue weighted by molar-refractivity contribution is 8.00. The average molecular weight is 524 g/mol. The second-order valence-electron chi connectivity index (χ2n) is 8.36.